The van der Waals surface area contributed by atoms with Crippen LogP contribution >= 0.6 is 12.2 Å². The molecule has 0 spiro atoms. The van der Waals surface area contributed by atoms with Gasteiger partial charge in [0.25, 0.3) is 0 Å². The fourth-order valence-electron chi connectivity index (χ4n) is 2.42. The van der Waals surface area contributed by atoms with E-state index in [1.54, 1.807) is 4.68 Å². The standard InChI is InChI=1S/C15H17N5S/c1-3-6-14-17-18-15(21)20(14)16-9-11-10-19(2)13-8-5-4-7-12(11)13/h4-5,7-10H,3,6H2,1-2H3,(H,18,21)/b16-9-. The van der Waals surface area contributed by atoms with Crippen LogP contribution in [-0.2, 0) is 13.5 Å². The Morgan fingerprint density at radius 3 is 3.00 bits per heavy atom. The number of aryl methyl sites for hydroxylation is 2. The van der Waals surface area contributed by atoms with Crippen LogP contribution < -0.4 is 0 Å². The number of hydrogen-bond acceptors (Lipinski definition) is 3. The second kappa shape index (κ2) is 5.65. The number of H-pyrrole nitrogens is 1. The van der Waals surface area contributed by atoms with Crippen molar-refractivity contribution < 1.29 is 0 Å². The molecule has 1 aromatic carbocycles. The first kappa shape index (κ1) is 13.8. The normalized spacial score (nSPS) is 11.7. The van der Waals surface area contributed by atoms with Crippen molar-refractivity contribution in [1.82, 2.24) is 19.4 Å². The summed E-state index contributed by atoms with van der Waals surface area (Å²) in [6, 6.07) is 8.26. The summed E-state index contributed by atoms with van der Waals surface area (Å²) in [6.45, 7) is 2.11. The van der Waals surface area contributed by atoms with Gasteiger partial charge < -0.3 is 4.57 Å². The summed E-state index contributed by atoms with van der Waals surface area (Å²) in [5.74, 6) is 0.860. The van der Waals surface area contributed by atoms with Crippen molar-refractivity contribution in [2.75, 3.05) is 0 Å². The summed E-state index contributed by atoms with van der Waals surface area (Å²) >= 11 is 5.23. The molecule has 6 heteroatoms. The predicted molar refractivity (Wildman–Crippen MR) is 87.3 cm³/mol. The Morgan fingerprint density at radius 1 is 1.38 bits per heavy atom. The van der Waals surface area contributed by atoms with E-state index in [2.05, 4.69) is 45.1 Å². The lowest BCUT2D eigenvalue weighted by molar-refractivity contribution is 0.740. The van der Waals surface area contributed by atoms with Gasteiger partial charge in [-0.3, -0.25) is 5.10 Å². The third-order valence-electron chi connectivity index (χ3n) is 3.43. The Kier molecular flexibility index (Phi) is 3.70. The van der Waals surface area contributed by atoms with Gasteiger partial charge in [-0.1, -0.05) is 25.1 Å². The molecule has 0 saturated heterocycles. The summed E-state index contributed by atoms with van der Waals surface area (Å²) in [7, 11) is 2.03. The van der Waals surface area contributed by atoms with E-state index in [-0.39, 0.29) is 0 Å². The van der Waals surface area contributed by atoms with Crippen LogP contribution in [0.1, 0.15) is 24.7 Å². The number of benzene rings is 1. The van der Waals surface area contributed by atoms with Crippen LogP contribution in [0.2, 0.25) is 0 Å². The quantitative estimate of drug-likeness (QED) is 0.594. The average molecular weight is 299 g/mol. The number of fused-ring (bicyclic) bond motifs is 1. The van der Waals surface area contributed by atoms with Gasteiger partial charge in [-0.05, 0) is 24.7 Å². The van der Waals surface area contributed by atoms with Crippen molar-refractivity contribution in [2.45, 2.75) is 19.8 Å². The van der Waals surface area contributed by atoms with E-state index in [4.69, 9.17) is 12.2 Å². The van der Waals surface area contributed by atoms with Gasteiger partial charge in [0.1, 0.15) is 0 Å². The SMILES string of the molecule is CCCc1n[nH]c(=S)n1/N=C\c1cn(C)c2ccccc12. The smallest absolute Gasteiger partial charge is 0.216 e. The number of hydrogen-bond donors (Lipinski definition) is 1. The van der Waals surface area contributed by atoms with Crippen molar-refractivity contribution in [3.8, 4) is 0 Å². The molecule has 0 radical (unpaired) electrons. The average Bonchev–Trinajstić information content (AvgIpc) is 2.99. The van der Waals surface area contributed by atoms with Gasteiger partial charge in [0, 0.05) is 36.1 Å². The minimum atomic E-state index is 0.523. The van der Waals surface area contributed by atoms with Crippen LogP contribution in [0.15, 0.2) is 35.6 Å². The molecule has 0 atom stereocenters. The lowest BCUT2D eigenvalue weighted by atomic mass is 10.2. The Balaban J connectivity index is 2.03. The Morgan fingerprint density at radius 2 is 2.19 bits per heavy atom. The van der Waals surface area contributed by atoms with Crippen molar-refractivity contribution in [3.63, 3.8) is 0 Å². The minimum absolute atomic E-state index is 0.523. The molecule has 2 aromatic heterocycles. The highest BCUT2D eigenvalue weighted by Gasteiger charge is 2.05. The van der Waals surface area contributed by atoms with Gasteiger partial charge >= 0.3 is 0 Å². The maximum atomic E-state index is 5.23. The number of nitrogens with zero attached hydrogens (tertiary/aromatic N) is 4. The second-order valence-electron chi connectivity index (χ2n) is 4.96. The Labute approximate surface area is 127 Å². The predicted octanol–water partition coefficient (Wildman–Crippen LogP) is 3.27. The van der Waals surface area contributed by atoms with Gasteiger partial charge in [0.15, 0.2) is 5.82 Å². The number of aromatic nitrogens is 4. The zero-order chi connectivity index (χ0) is 14.8. The maximum absolute atomic E-state index is 5.23. The number of aromatic amines is 1. The van der Waals surface area contributed by atoms with Crippen LogP contribution in [-0.4, -0.2) is 25.7 Å². The fourth-order valence-corrected chi connectivity index (χ4v) is 2.62. The Bertz CT molecular complexity index is 852. The van der Waals surface area contributed by atoms with Crippen molar-refractivity contribution in [3.05, 3.63) is 46.6 Å². The molecular weight excluding hydrogens is 282 g/mol. The van der Waals surface area contributed by atoms with E-state index in [1.807, 2.05) is 25.4 Å². The van der Waals surface area contributed by atoms with Gasteiger partial charge in [0.05, 0.1) is 6.21 Å². The van der Waals surface area contributed by atoms with Crippen molar-refractivity contribution in [1.29, 1.82) is 0 Å². The third kappa shape index (κ3) is 2.54. The lowest BCUT2D eigenvalue weighted by Crippen LogP contribution is -1.98. The molecule has 108 valence electrons. The highest BCUT2D eigenvalue weighted by molar-refractivity contribution is 7.71. The summed E-state index contributed by atoms with van der Waals surface area (Å²) < 4.78 is 4.31. The molecule has 3 aromatic rings. The summed E-state index contributed by atoms with van der Waals surface area (Å²) in [4.78, 5) is 0. The number of para-hydroxylation sites is 1. The molecule has 21 heavy (non-hydrogen) atoms. The number of nitrogens with one attached hydrogen (secondary N) is 1. The first-order chi connectivity index (χ1) is 10.2. The molecular formula is C15H17N5S. The molecule has 0 amide bonds. The molecule has 0 fully saturated rings. The van der Waals surface area contributed by atoms with Gasteiger partial charge in [-0.25, -0.2) is 0 Å². The largest absolute Gasteiger partial charge is 0.350 e. The van der Waals surface area contributed by atoms with E-state index in [1.165, 1.54) is 10.9 Å². The third-order valence-corrected chi connectivity index (χ3v) is 3.70. The maximum Gasteiger partial charge on any atom is 0.216 e. The molecule has 0 saturated carbocycles. The highest BCUT2D eigenvalue weighted by Crippen LogP contribution is 2.18. The molecule has 0 aliphatic heterocycles. The molecule has 5 nitrogen and oxygen atoms in total. The van der Waals surface area contributed by atoms with Crippen LogP contribution in [0, 0.1) is 4.77 Å². The van der Waals surface area contributed by atoms with Crippen molar-refractivity contribution in [2.24, 2.45) is 12.1 Å². The van der Waals surface area contributed by atoms with Gasteiger partial charge in [0.2, 0.25) is 4.77 Å². The molecule has 0 aliphatic rings. The van der Waals surface area contributed by atoms with Gasteiger partial charge in [-0.15, -0.1) is 0 Å². The minimum Gasteiger partial charge on any atom is -0.350 e. The molecule has 0 unspecified atom stereocenters. The van der Waals surface area contributed by atoms with E-state index < -0.39 is 0 Å². The lowest BCUT2D eigenvalue weighted by Gasteiger charge is -1.97. The zero-order valence-corrected chi connectivity index (χ0v) is 12.9. The summed E-state index contributed by atoms with van der Waals surface area (Å²) in [6.07, 6.45) is 5.76. The molecule has 1 N–H and O–H groups in total. The van der Waals surface area contributed by atoms with Crippen LogP contribution in [0.5, 0.6) is 0 Å². The van der Waals surface area contributed by atoms with Crippen molar-refractivity contribution >= 4 is 29.3 Å². The first-order valence-corrected chi connectivity index (χ1v) is 7.36. The molecule has 0 aliphatic carbocycles. The molecule has 0 bridgehead atoms. The molecule has 2 heterocycles. The van der Waals surface area contributed by atoms with Gasteiger partial charge in [-0.2, -0.15) is 14.9 Å². The Hall–Kier alpha value is -2.21. The van der Waals surface area contributed by atoms with Crippen LogP contribution in [0.3, 0.4) is 0 Å². The molecule has 3 rings (SSSR count). The highest BCUT2D eigenvalue weighted by atomic mass is 32.1. The first-order valence-electron chi connectivity index (χ1n) is 6.95. The monoisotopic (exact) mass is 299 g/mol. The fraction of sp³-hybridized carbons (Fsp3) is 0.267. The summed E-state index contributed by atoms with van der Waals surface area (Å²) in [5, 5.41) is 12.7. The number of rotatable bonds is 4. The van der Waals surface area contributed by atoms with E-state index >= 15 is 0 Å². The summed E-state index contributed by atoms with van der Waals surface area (Å²) in [5.41, 5.74) is 2.25. The van der Waals surface area contributed by atoms with Crippen LogP contribution in [0.25, 0.3) is 10.9 Å². The van der Waals surface area contributed by atoms with E-state index in [0.717, 1.165) is 24.2 Å². The van der Waals surface area contributed by atoms with E-state index in [0.29, 0.717) is 4.77 Å². The topological polar surface area (TPSA) is 50.9 Å². The second-order valence-corrected chi connectivity index (χ2v) is 5.35. The van der Waals surface area contributed by atoms with E-state index in [9.17, 15) is 0 Å². The van der Waals surface area contributed by atoms with Crippen LogP contribution in [0.4, 0.5) is 0 Å². The zero-order valence-electron chi connectivity index (χ0n) is 12.1.